The van der Waals surface area contributed by atoms with Crippen LogP contribution < -0.4 is 26.0 Å². The normalized spacial score (nSPS) is 11.6. The van der Waals surface area contributed by atoms with Crippen LogP contribution in [0, 0.1) is 12.7 Å². The number of aromatic nitrogens is 5. The van der Waals surface area contributed by atoms with Crippen molar-refractivity contribution in [2.45, 2.75) is 13.0 Å². The maximum Gasteiger partial charge on any atom is 0.413 e. The molecule has 12 nitrogen and oxygen atoms in total. The van der Waals surface area contributed by atoms with E-state index in [0.717, 1.165) is 22.2 Å². The Bertz CT molecular complexity index is 1650. The minimum Gasteiger partial charge on any atom is -0.410 e. The van der Waals surface area contributed by atoms with Gasteiger partial charge in [-0.1, -0.05) is 0 Å². The van der Waals surface area contributed by atoms with Crippen molar-refractivity contribution < 1.29 is 18.7 Å². The van der Waals surface area contributed by atoms with Crippen molar-refractivity contribution in [2.75, 3.05) is 23.8 Å². The molecule has 0 saturated carbocycles. The van der Waals surface area contributed by atoms with Gasteiger partial charge in [0.1, 0.15) is 17.6 Å². The van der Waals surface area contributed by atoms with Gasteiger partial charge in [-0.05, 0) is 67.1 Å². The zero-order valence-electron chi connectivity index (χ0n) is 22.1. The van der Waals surface area contributed by atoms with Crippen molar-refractivity contribution in [1.29, 1.82) is 0 Å². The number of nitrogens with zero attached hydrogens (tertiary/aromatic N) is 5. The lowest BCUT2D eigenvalue weighted by Gasteiger charge is -2.26. The van der Waals surface area contributed by atoms with Crippen LogP contribution in [0.25, 0.3) is 22.3 Å². The number of nitrogens with two attached hydrogens (primary N) is 1. The molecule has 41 heavy (non-hydrogen) atoms. The van der Waals surface area contributed by atoms with E-state index in [1.165, 1.54) is 24.3 Å². The van der Waals surface area contributed by atoms with E-state index in [1.807, 2.05) is 13.0 Å². The predicted molar refractivity (Wildman–Crippen MR) is 151 cm³/mol. The highest BCUT2D eigenvalue weighted by Gasteiger charge is 2.25. The summed E-state index contributed by atoms with van der Waals surface area (Å²) in [4.78, 5) is 47.2. The predicted octanol–water partition coefficient (Wildman–Crippen LogP) is 3.68. The Hall–Kier alpha value is -5.59. The van der Waals surface area contributed by atoms with Gasteiger partial charge in [0, 0.05) is 42.2 Å². The molecule has 0 spiro atoms. The van der Waals surface area contributed by atoms with Gasteiger partial charge in [-0.3, -0.25) is 4.79 Å². The fourth-order valence-electron chi connectivity index (χ4n) is 4.06. The highest BCUT2D eigenvalue weighted by molar-refractivity contribution is 5.88. The number of nitrogens with one attached hydrogen (secondary N) is 3. The largest absolute Gasteiger partial charge is 0.413 e. The number of rotatable bonds is 9. The van der Waals surface area contributed by atoms with Gasteiger partial charge < -0.3 is 31.0 Å². The molecule has 0 aliphatic carbocycles. The first-order valence-corrected chi connectivity index (χ1v) is 12.5. The van der Waals surface area contributed by atoms with E-state index in [4.69, 9.17) is 10.5 Å². The quantitative estimate of drug-likeness (QED) is 0.212. The van der Waals surface area contributed by atoms with Crippen LogP contribution in [0.4, 0.5) is 26.8 Å². The van der Waals surface area contributed by atoms with Gasteiger partial charge in [-0.2, -0.15) is 0 Å². The van der Waals surface area contributed by atoms with Gasteiger partial charge in [0.2, 0.25) is 17.8 Å². The number of carbonyl (C=O) groups excluding carboxylic acids is 2. The molecule has 1 atom stereocenters. The summed E-state index contributed by atoms with van der Waals surface area (Å²) in [6.07, 6.45) is 3.97. The number of carbonyl (C=O) groups is 2. The second kappa shape index (κ2) is 11.7. The van der Waals surface area contributed by atoms with Crippen molar-refractivity contribution in [3.63, 3.8) is 0 Å². The molecule has 0 aliphatic rings. The molecule has 5 aromatic rings. The summed E-state index contributed by atoms with van der Waals surface area (Å²) in [6, 6.07) is 13.1. The SMILES string of the molecule is CNc1nccc(-c2cc3cc(OC(=O)NC(CN(c4ccc(F)cc4)c4ncc(C)cn4)C(N)=O)ccc3[nH]2)n1. The smallest absolute Gasteiger partial charge is 0.410 e. The number of H-pyrrole nitrogens is 1. The van der Waals surface area contributed by atoms with Gasteiger partial charge in [-0.15, -0.1) is 0 Å². The highest BCUT2D eigenvalue weighted by atomic mass is 19.1. The summed E-state index contributed by atoms with van der Waals surface area (Å²) in [5, 5.41) is 6.19. The fraction of sp³-hybridized carbons (Fsp3) is 0.143. The highest BCUT2D eigenvalue weighted by Crippen LogP contribution is 2.27. The van der Waals surface area contributed by atoms with E-state index in [2.05, 4.69) is 35.6 Å². The number of anilines is 3. The van der Waals surface area contributed by atoms with Gasteiger partial charge in [0.15, 0.2) is 0 Å². The molecule has 0 radical (unpaired) electrons. The van der Waals surface area contributed by atoms with Gasteiger partial charge >= 0.3 is 6.09 Å². The Morgan fingerprint density at radius 3 is 2.54 bits per heavy atom. The van der Waals surface area contributed by atoms with Crippen molar-refractivity contribution >= 4 is 40.5 Å². The van der Waals surface area contributed by atoms with E-state index in [0.29, 0.717) is 17.3 Å². The zero-order chi connectivity index (χ0) is 28.9. The van der Waals surface area contributed by atoms with Crippen LogP contribution in [0.5, 0.6) is 5.75 Å². The Morgan fingerprint density at radius 2 is 1.83 bits per heavy atom. The minimum absolute atomic E-state index is 0.132. The summed E-state index contributed by atoms with van der Waals surface area (Å²) >= 11 is 0. The maximum absolute atomic E-state index is 13.6. The molecule has 208 valence electrons. The second-order valence-corrected chi connectivity index (χ2v) is 9.08. The summed E-state index contributed by atoms with van der Waals surface area (Å²) < 4.78 is 19.1. The van der Waals surface area contributed by atoms with E-state index >= 15 is 0 Å². The maximum atomic E-state index is 13.6. The lowest BCUT2D eigenvalue weighted by molar-refractivity contribution is -0.119. The number of primary amides is 1. The number of hydrogen-bond donors (Lipinski definition) is 4. The van der Waals surface area contributed by atoms with Crippen molar-refractivity contribution in [3.05, 3.63) is 84.6 Å². The van der Waals surface area contributed by atoms with E-state index < -0.39 is 23.9 Å². The van der Waals surface area contributed by atoms with Crippen LogP contribution in [-0.4, -0.2) is 56.6 Å². The molecule has 13 heteroatoms. The first-order valence-electron chi connectivity index (χ1n) is 12.5. The number of benzene rings is 2. The molecule has 1 unspecified atom stereocenters. The van der Waals surface area contributed by atoms with Crippen LogP contribution in [-0.2, 0) is 4.79 Å². The van der Waals surface area contributed by atoms with Crippen LogP contribution in [0.15, 0.2) is 73.2 Å². The third-order valence-electron chi connectivity index (χ3n) is 6.11. The first-order chi connectivity index (χ1) is 19.8. The molecular weight excluding hydrogens is 529 g/mol. The standard InChI is InChI=1S/C28H26FN9O3/c1-16-13-33-27(34-14-16)38(19-5-3-18(29)4-6-19)15-24(25(30)39)37-28(40)41-20-7-8-21-17(11-20)12-23(35-21)22-9-10-32-26(31-2)36-22/h3-14,24,35H,15H2,1-2H3,(H2,30,39)(H,37,40)(H,31,32,36). The monoisotopic (exact) mass is 555 g/mol. The number of hydrogen-bond acceptors (Lipinski definition) is 9. The van der Waals surface area contributed by atoms with Gasteiger partial charge in [0.05, 0.1) is 17.9 Å². The number of aromatic amines is 1. The average Bonchev–Trinajstić information content (AvgIpc) is 3.40. The summed E-state index contributed by atoms with van der Waals surface area (Å²) in [7, 11) is 1.73. The van der Waals surface area contributed by atoms with Crippen LogP contribution in [0.1, 0.15) is 5.56 Å². The second-order valence-electron chi connectivity index (χ2n) is 9.08. The summed E-state index contributed by atoms with van der Waals surface area (Å²) in [5.74, 6) is -0.268. The summed E-state index contributed by atoms with van der Waals surface area (Å²) in [5.41, 5.74) is 9.20. The van der Waals surface area contributed by atoms with E-state index in [-0.39, 0.29) is 18.2 Å². The number of ether oxygens (including phenoxy) is 1. The molecule has 2 aromatic carbocycles. The van der Waals surface area contributed by atoms with Crippen LogP contribution >= 0.6 is 0 Å². The van der Waals surface area contributed by atoms with E-state index in [1.54, 1.807) is 54.8 Å². The number of amides is 2. The molecule has 0 bridgehead atoms. The molecule has 0 saturated heterocycles. The van der Waals surface area contributed by atoms with Crippen LogP contribution in [0.2, 0.25) is 0 Å². The van der Waals surface area contributed by atoms with Crippen molar-refractivity contribution in [1.82, 2.24) is 30.2 Å². The summed E-state index contributed by atoms with van der Waals surface area (Å²) in [6.45, 7) is 1.70. The molecule has 0 aliphatic heterocycles. The molecular formula is C28H26FN9O3. The number of aryl methyl sites for hydroxylation is 1. The lowest BCUT2D eigenvalue weighted by Crippen LogP contribution is -2.51. The molecule has 0 fully saturated rings. The molecule has 5 rings (SSSR count). The van der Waals surface area contributed by atoms with Crippen molar-refractivity contribution in [3.8, 4) is 17.1 Å². The first kappa shape index (κ1) is 27.0. The third-order valence-corrected chi connectivity index (χ3v) is 6.11. The fourth-order valence-corrected chi connectivity index (χ4v) is 4.06. The Balaban J connectivity index is 1.32. The zero-order valence-corrected chi connectivity index (χ0v) is 22.1. The van der Waals surface area contributed by atoms with Gasteiger partial charge in [0.25, 0.3) is 0 Å². The number of fused-ring (bicyclic) bond motifs is 1. The lowest BCUT2D eigenvalue weighted by atomic mass is 10.2. The molecule has 5 N–H and O–H groups in total. The van der Waals surface area contributed by atoms with Gasteiger partial charge in [-0.25, -0.2) is 29.1 Å². The van der Waals surface area contributed by atoms with E-state index in [9.17, 15) is 14.0 Å². The average molecular weight is 556 g/mol. The molecule has 2 amide bonds. The molecule has 3 aromatic heterocycles. The Labute approximate surface area is 233 Å². The topological polar surface area (TPSA) is 164 Å². The van der Waals surface area contributed by atoms with Crippen molar-refractivity contribution in [2.24, 2.45) is 5.73 Å². The number of halogens is 1. The third kappa shape index (κ3) is 6.36. The Morgan fingerprint density at radius 1 is 1.07 bits per heavy atom. The minimum atomic E-state index is -1.20. The Kier molecular flexibility index (Phi) is 7.67. The van der Waals surface area contributed by atoms with Crippen LogP contribution in [0.3, 0.4) is 0 Å². The molecule has 3 heterocycles.